The van der Waals surface area contributed by atoms with E-state index in [1.54, 1.807) is 6.20 Å². The highest BCUT2D eigenvalue weighted by Gasteiger charge is 2.23. The molecule has 0 aromatic carbocycles. The summed E-state index contributed by atoms with van der Waals surface area (Å²) in [5.74, 6) is 2.59. The van der Waals surface area contributed by atoms with Crippen molar-refractivity contribution in [1.82, 2.24) is 29.7 Å². The lowest BCUT2D eigenvalue weighted by Gasteiger charge is -2.28. The van der Waals surface area contributed by atoms with E-state index in [4.69, 9.17) is 0 Å². The zero-order chi connectivity index (χ0) is 16.5. The fraction of sp³-hybridized carbons (Fsp3) is 0.353. The van der Waals surface area contributed by atoms with Crippen molar-refractivity contribution in [2.24, 2.45) is 0 Å². The Morgan fingerprint density at radius 2 is 2.08 bits per heavy atom. The van der Waals surface area contributed by atoms with E-state index in [2.05, 4.69) is 41.5 Å². The maximum absolute atomic E-state index is 4.66. The lowest BCUT2D eigenvalue weighted by atomic mass is 10.2. The molecule has 4 heterocycles. The molecule has 7 nitrogen and oxygen atoms in total. The lowest BCUT2D eigenvalue weighted by Crippen LogP contribution is -2.35. The van der Waals surface area contributed by atoms with Gasteiger partial charge in [0.25, 0.3) is 0 Å². The largest absolute Gasteiger partial charge is 0.331 e. The molecule has 0 bridgehead atoms. The van der Waals surface area contributed by atoms with Crippen LogP contribution in [0.25, 0.3) is 11.4 Å². The van der Waals surface area contributed by atoms with Gasteiger partial charge in [-0.2, -0.15) is 0 Å². The number of hydrogen-bond donors (Lipinski definition) is 0. The van der Waals surface area contributed by atoms with Crippen molar-refractivity contribution in [2.75, 3.05) is 11.4 Å². The second kappa shape index (κ2) is 5.99. The first-order valence-corrected chi connectivity index (χ1v) is 8.16. The van der Waals surface area contributed by atoms with Crippen LogP contribution in [0.5, 0.6) is 0 Å². The van der Waals surface area contributed by atoms with Crippen molar-refractivity contribution in [2.45, 2.75) is 33.4 Å². The molecule has 122 valence electrons. The number of hydrogen-bond acceptors (Lipinski definition) is 6. The molecule has 1 aliphatic rings. The molecule has 0 aliphatic carbocycles. The van der Waals surface area contributed by atoms with Gasteiger partial charge < -0.3 is 9.47 Å². The number of rotatable bonds is 3. The molecule has 1 aliphatic heterocycles. The normalized spacial score (nSPS) is 13.8. The number of fused-ring (bicyclic) bond motifs is 1. The first kappa shape index (κ1) is 14.7. The highest BCUT2D eigenvalue weighted by Crippen LogP contribution is 2.23. The average molecular weight is 321 g/mol. The molecule has 0 radical (unpaired) electrons. The molecule has 0 amide bonds. The summed E-state index contributed by atoms with van der Waals surface area (Å²) in [6.07, 6.45) is 4.49. The van der Waals surface area contributed by atoms with Gasteiger partial charge in [-0.05, 0) is 31.5 Å². The van der Waals surface area contributed by atoms with E-state index in [-0.39, 0.29) is 0 Å². The smallest absolute Gasteiger partial charge is 0.226 e. The Labute approximate surface area is 140 Å². The Morgan fingerprint density at radius 1 is 1.17 bits per heavy atom. The van der Waals surface area contributed by atoms with Gasteiger partial charge in [-0.3, -0.25) is 4.98 Å². The minimum atomic E-state index is 0.667. The van der Waals surface area contributed by atoms with Crippen LogP contribution in [0.15, 0.2) is 30.6 Å². The van der Waals surface area contributed by atoms with Gasteiger partial charge in [0.1, 0.15) is 0 Å². The monoisotopic (exact) mass is 321 g/mol. The third-order valence-corrected chi connectivity index (χ3v) is 4.21. The molecule has 0 spiro atoms. The summed E-state index contributed by atoms with van der Waals surface area (Å²) >= 11 is 0. The molecular formula is C17H19N7. The number of aromatic nitrogens is 6. The van der Waals surface area contributed by atoms with E-state index < -0.39 is 0 Å². The zero-order valence-corrected chi connectivity index (χ0v) is 13.8. The second-order valence-corrected chi connectivity index (χ2v) is 5.91. The van der Waals surface area contributed by atoms with Crippen LogP contribution in [0.4, 0.5) is 5.95 Å². The van der Waals surface area contributed by atoms with Crippen molar-refractivity contribution in [3.05, 3.63) is 47.8 Å². The Balaban J connectivity index is 1.64. The molecule has 0 fully saturated rings. The first-order valence-electron chi connectivity index (χ1n) is 8.16. The average Bonchev–Trinajstić information content (AvgIpc) is 3.05. The number of anilines is 1. The van der Waals surface area contributed by atoms with E-state index in [0.717, 1.165) is 54.1 Å². The standard InChI is InChI=1S/C17H19N7/c1-3-14-9-12(2)19-17(20-14)23-7-8-24-15(11-23)21-22-16(24)13-5-4-6-18-10-13/h4-6,9-10H,3,7-8,11H2,1-2H3. The van der Waals surface area contributed by atoms with E-state index >= 15 is 0 Å². The van der Waals surface area contributed by atoms with E-state index in [1.165, 1.54) is 0 Å². The van der Waals surface area contributed by atoms with Gasteiger partial charge in [-0.15, -0.1) is 10.2 Å². The summed E-state index contributed by atoms with van der Waals surface area (Å²) in [6.45, 7) is 6.44. The van der Waals surface area contributed by atoms with Crippen LogP contribution in [-0.2, 0) is 19.5 Å². The zero-order valence-electron chi connectivity index (χ0n) is 13.8. The Morgan fingerprint density at radius 3 is 2.88 bits per heavy atom. The number of aryl methyl sites for hydroxylation is 2. The van der Waals surface area contributed by atoms with Gasteiger partial charge in [0, 0.05) is 42.4 Å². The van der Waals surface area contributed by atoms with Crippen LogP contribution in [0, 0.1) is 6.92 Å². The third-order valence-electron chi connectivity index (χ3n) is 4.21. The van der Waals surface area contributed by atoms with Gasteiger partial charge in [-0.25, -0.2) is 9.97 Å². The van der Waals surface area contributed by atoms with Gasteiger partial charge in [0.2, 0.25) is 5.95 Å². The number of nitrogens with zero attached hydrogens (tertiary/aromatic N) is 7. The maximum atomic E-state index is 4.66. The van der Waals surface area contributed by atoms with Crippen molar-refractivity contribution < 1.29 is 0 Å². The quantitative estimate of drug-likeness (QED) is 0.735. The minimum absolute atomic E-state index is 0.667. The molecule has 0 saturated carbocycles. The molecule has 0 unspecified atom stereocenters. The highest BCUT2D eigenvalue weighted by atomic mass is 15.4. The van der Waals surface area contributed by atoms with Crippen LogP contribution in [-0.4, -0.2) is 36.3 Å². The minimum Gasteiger partial charge on any atom is -0.331 e. The van der Waals surface area contributed by atoms with Crippen LogP contribution in [0.3, 0.4) is 0 Å². The summed E-state index contributed by atoms with van der Waals surface area (Å²) in [5, 5.41) is 8.71. The molecule has 3 aromatic rings. The molecule has 0 saturated heterocycles. The molecule has 24 heavy (non-hydrogen) atoms. The van der Waals surface area contributed by atoms with Crippen LogP contribution in [0.2, 0.25) is 0 Å². The SMILES string of the molecule is CCc1cc(C)nc(N2CCn3c(nnc3-c3cccnc3)C2)n1. The van der Waals surface area contributed by atoms with Crippen LogP contribution < -0.4 is 4.90 Å². The van der Waals surface area contributed by atoms with E-state index in [9.17, 15) is 0 Å². The van der Waals surface area contributed by atoms with Crippen molar-refractivity contribution in [3.8, 4) is 11.4 Å². The first-order chi connectivity index (χ1) is 11.7. The van der Waals surface area contributed by atoms with Gasteiger partial charge in [0.05, 0.1) is 6.54 Å². The summed E-state index contributed by atoms with van der Waals surface area (Å²) in [6, 6.07) is 5.96. The van der Waals surface area contributed by atoms with E-state index in [0.29, 0.717) is 6.54 Å². The van der Waals surface area contributed by atoms with E-state index in [1.807, 2.05) is 31.3 Å². The van der Waals surface area contributed by atoms with Gasteiger partial charge in [0.15, 0.2) is 11.6 Å². The fourth-order valence-corrected chi connectivity index (χ4v) is 2.98. The Bertz CT molecular complexity index is 857. The third kappa shape index (κ3) is 2.62. The summed E-state index contributed by atoms with van der Waals surface area (Å²) in [7, 11) is 0. The fourth-order valence-electron chi connectivity index (χ4n) is 2.98. The lowest BCUT2D eigenvalue weighted by molar-refractivity contribution is 0.553. The van der Waals surface area contributed by atoms with Gasteiger partial charge >= 0.3 is 0 Å². The maximum Gasteiger partial charge on any atom is 0.226 e. The molecule has 3 aromatic heterocycles. The van der Waals surface area contributed by atoms with Crippen LogP contribution in [0.1, 0.15) is 24.1 Å². The summed E-state index contributed by atoms with van der Waals surface area (Å²) in [5.41, 5.74) is 3.06. The van der Waals surface area contributed by atoms with Crippen LogP contribution >= 0.6 is 0 Å². The van der Waals surface area contributed by atoms with Crippen molar-refractivity contribution in [1.29, 1.82) is 0 Å². The molecule has 4 rings (SSSR count). The topological polar surface area (TPSA) is 72.6 Å². The summed E-state index contributed by atoms with van der Waals surface area (Å²) in [4.78, 5) is 15.6. The Kier molecular flexibility index (Phi) is 3.68. The van der Waals surface area contributed by atoms with Crippen molar-refractivity contribution >= 4 is 5.95 Å². The second-order valence-electron chi connectivity index (χ2n) is 5.91. The molecule has 0 N–H and O–H groups in total. The number of pyridine rings is 1. The predicted molar refractivity (Wildman–Crippen MR) is 90.5 cm³/mol. The van der Waals surface area contributed by atoms with Gasteiger partial charge in [-0.1, -0.05) is 6.92 Å². The molecular weight excluding hydrogens is 302 g/mol. The Hall–Kier alpha value is -2.83. The summed E-state index contributed by atoms with van der Waals surface area (Å²) < 4.78 is 2.16. The predicted octanol–water partition coefficient (Wildman–Crippen LogP) is 2.02. The molecule has 7 heteroatoms. The highest BCUT2D eigenvalue weighted by molar-refractivity contribution is 5.54. The molecule has 0 atom stereocenters. The van der Waals surface area contributed by atoms with Crippen molar-refractivity contribution in [3.63, 3.8) is 0 Å².